The summed E-state index contributed by atoms with van der Waals surface area (Å²) in [4.78, 5) is 7.79. The standard InChI is InChI=1S/C16H13N3S/c1-10-7-11(2)18-14(10)8-12(9-17)16-19-13-5-3-4-6-15(13)20-16/h3-8,18H,1-2H3/b12-8+. The van der Waals surface area contributed by atoms with Gasteiger partial charge in [-0.25, -0.2) is 4.98 Å². The monoisotopic (exact) mass is 279 g/mol. The van der Waals surface area contributed by atoms with E-state index >= 15 is 0 Å². The predicted octanol–water partition coefficient (Wildman–Crippen LogP) is 4.31. The van der Waals surface area contributed by atoms with Gasteiger partial charge in [0.05, 0.1) is 15.8 Å². The summed E-state index contributed by atoms with van der Waals surface area (Å²) in [6.45, 7) is 4.04. The zero-order chi connectivity index (χ0) is 14.1. The first-order valence-corrected chi connectivity index (χ1v) is 7.13. The van der Waals surface area contributed by atoms with E-state index in [2.05, 4.69) is 22.1 Å². The molecule has 3 aromatic rings. The molecule has 0 unspecified atom stereocenters. The highest BCUT2D eigenvalue weighted by Gasteiger charge is 2.09. The highest BCUT2D eigenvalue weighted by molar-refractivity contribution is 7.19. The molecule has 3 nitrogen and oxygen atoms in total. The number of H-pyrrole nitrogens is 1. The van der Waals surface area contributed by atoms with Crippen LogP contribution in [0.1, 0.15) is 22.0 Å². The lowest BCUT2D eigenvalue weighted by Gasteiger charge is -1.94. The zero-order valence-electron chi connectivity index (χ0n) is 11.3. The molecule has 0 bridgehead atoms. The lowest BCUT2D eigenvalue weighted by molar-refractivity contribution is 1.24. The van der Waals surface area contributed by atoms with Gasteiger partial charge >= 0.3 is 0 Å². The Balaban J connectivity index is 2.10. The zero-order valence-corrected chi connectivity index (χ0v) is 12.1. The molecule has 0 fully saturated rings. The molecule has 0 aliphatic rings. The van der Waals surface area contributed by atoms with Crippen LogP contribution in [-0.4, -0.2) is 9.97 Å². The van der Waals surface area contributed by atoms with Crippen LogP contribution in [0.5, 0.6) is 0 Å². The van der Waals surface area contributed by atoms with Crippen LogP contribution in [-0.2, 0) is 0 Å². The Kier molecular flexibility index (Phi) is 3.13. The summed E-state index contributed by atoms with van der Waals surface area (Å²) in [5.41, 5.74) is 4.73. The number of nitrogens with one attached hydrogen (secondary N) is 1. The topological polar surface area (TPSA) is 52.5 Å². The molecule has 0 atom stereocenters. The molecule has 3 rings (SSSR count). The number of aryl methyl sites for hydroxylation is 2. The lowest BCUT2D eigenvalue weighted by Crippen LogP contribution is -1.82. The second kappa shape index (κ2) is 4.95. The van der Waals surface area contributed by atoms with E-state index in [0.717, 1.165) is 32.2 Å². The maximum Gasteiger partial charge on any atom is 0.135 e. The van der Waals surface area contributed by atoms with Gasteiger partial charge in [-0.1, -0.05) is 12.1 Å². The van der Waals surface area contributed by atoms with Crippen molar-refractivity contribution < 1.29 is 0 Å². The van der Waals surface area contributed by atoms with E-state index < -0.39 is 0 Å². The van der Waals surface area contributed by atoms with E-state index in [1.807, 2.05) is 44.2 Å². The number of nitrogens with zero attached hydrogens (tertiary/aromatic N) is 2. The molecule has 4 heteroatoms. The molecular weight excluding hydrogens is 266 g/mol. The van der Waals surface area contributed by atoms with Gasteiger partial charge in [-0.3, -0.25) is 0 Å². The number of thiazole rings is 1. The molecule has 20 heavy (non-hydrogen) atoms. The van der Waals surface area contributed by atoms with Crippen molar-refractivity contribution in [3.05, 3.63) is 52.3 Å². The number of hydrogen-bond donors (Lipinski definition) is 1. The minimum absolute atomic E-state index is 0.594. The third-order valence-corrected chi connectivity index (χ3v) is 4.19. The highest BCUT2D eigenvalue weighted by Crippen LogP contribution is 2.28. The van der Waals surface area contributed by atoms with Crippen molar-refractivity contribution in [3.63, 3.8) is 0 Å². The Morgan fingerprint density at radius 1 is 1.35 bits per heavy atom. The third-order valence-electron chi connectivity index (χ3n) is 3.12. The fourth-order valence-electron chi connectivity index (χ4n) is 2.17. The Labute approximate surface area is 121 Å². The molecule has 2 aromatic heterocycles. The second-order valence-electron chi connectivity index (χ2n) is 4.71. The first kappa shape index (κ1) is 12.6. The van der Waals surface area contributed by atoms with Gasteiger partial charge in [-0.15, -0.1) is 11.3 Å². The largest absolute Gasteiger partial charge is 0.359 e. The fourth-order valence-corrected chi connectivity index (χ4v) is 3.10. The fraction of sp³-hybridized carbons (Fsp3) is 0.125. The van der Waals surface area contributed by atoms with Gasteiger partial charge < -0.3 is 4.98 Å². The van der Waals surface area contributed by atoms with Crippen LogP contribution in [0.4, 0.5) is 0 Å². The SMILES string of the molecule is Cc1cc(C)c(/C=C(\C#N)c2nc3ccccc3s2)[nH]1. The average molecular weight is 279 g/mol. The Bertz CT molecular complexity index is 813. The van der Waals surface area contributed by atoms with Crippen molar-refractivity contribution in [1.82, 2.24) is 9.97 Å². The number of rotatable bonds is 2. The number of aromatic amines is 1. The van der Waals surface area contributed by atoms with Gasteiger partial charge in [-0.05, 0) is 43.7 Å². The number of para-hydroxylation sites is 1. The van der Waals surface area contributed by atoms with Crippen molar-refractivity contribution in [2.45, 2.75) is 13.8 Å². The van der Waals surface area contributed by atoms with E-state index in [1.54, 1.807) is 11.3 Å². The maximum atomic E-state index is 9.40. The Morgan fingerprint density at radius 2 is 2.15 bits per heavy atom. The maximum absolute atomic E-state index is 9.40. The van der Waals surface area contributed by atoms with Crippen molar-refractivity contribution in [1.29, 1.82) is 5.26 Å². The van der Waals surface area contributed by atoms with Crippen LogP contribution >= 0.6 is 11.3 Å². The summed E-state index contributed by atoms with van der Waals surface area (Å²) in [6.07, 6.45) is 1.88. The highest BCUT2D eigenvalue weighted by atomic mass is 32.1. The summed E-state index contributed by atoms with van der Waals surface area (Å²) >= 11 is 1.55. The minimum atomic E-state index is 0.594. The van der Waals surface area contributed by atoms with Crippen LogP contribution in [0, 0.1) is 25.2 Å². The molecule has 1 aromatic carbocycles. The van der Waals surface area contributed by atoms with E-state index in [9.17, 15) is 5.26 Å². The summed E-state index contributed by atoms with van der Waals surface area (Å²) < 4.78 is 1.10. The average Bonchev–Trinajstić information content (AvgIpc) is 2.99. The molecule has 0 radical (unpaired) electrons. The summed E-state index contributed by atoms with van der Waals surface area (Å²) in [7, 11) is 0. The normalized spacial score (nSPS) is 11.8. The van der Waals surface area contributed by atoms with Crippen LogP contribution in [0.25, 0.3) is 21.9 Å². The molecule has 0 saturated heterocycles. The van der Waals surface area contributed by atoms with Gasteiger partial charge in [0.25, 0.3) is 0 Å². The summed E-state index contributed by atoms with van der Waals surface area (Å²) in [5.74, 6) is 0. The molecule has 0 spiro atoms. The predicted molar refractivity (Wildman–Crippen MR) is 83.4 cm³/mol. The van der Waals surface area contributed by atoms with Gasteiger partial charge in [0.1, 0.15) is 11.1 Å². The summed E-state index contributed by atoms with van der Waals surface area (Å²) in [6, 6.07) is 12.3. The number of aromatic nitrogens is 2. The Morgan fingerprint density at radius 3 is 2.80 bits per heavy atom. The number of hydrogen-bond acceptors (Lipinski definition) is 3. The van der Waals surface area contributed by atoms with Gasteiger partial charge in [0.15, 0.2) is 0 Å². The number of fused-ring (bicyclic) bond motifs is 1. The van der Waals surface area contributed by atoms with E-state index in [4.69, 9.17) is 0 Å². The molecule has 98 valence electrons. The summed E-state index contributed by atoms with van der Waals surface area (Å²) in [5, 5.41) is 10.2. The quantitative estimate of drug-likeness (QED) is 0.711. The number of nitriles is 1. The van der Waals surface area contributed by atoms with Crippen LogP contribution in [0.15, 0.2) is 30.3 Å². The molecule has 0 saturated carbocycles. The minimum Gasteiger partial charge on any atom is -0.359 e. The van der Waals surface area contributed by atoms with Crippen LogP contribution in [0.2, 0.25) is 0 Å². The Hall–Kier alpha value is -2.38. The number of allylic oxidation sites excluding steroid dienone is 1. The van der Waals surface area contributed by atoms with E-state index in [0.29, 0.717) is 5.57 Å². The second-order valence-corrected chi connectivity index (χ2v) is 5.74. The van der Waals surface area contributed by atoms with Crippen LogP contribution < -0.4 is 0 Å². The molecule has 0 aliphatic carbocycles. The van der Waals surface area contributed by atoms with Crippen molar-refractivity contribution in [2.75, 3.05) is 0 Å². The van der Waals surface area contributed by atoms with Gasteiger partial charge in [-0.2, -0.15) is 5.26 Å². The van der Waals surface area contributed by atoms with Gasteiger partial charge in [0.2, 0.25) is 0 Å². The smallest absolute Gasteiger partial charge is 0.135 e. The molecule has 0 aliphatic heterocycles. The van der Waals surface area contributed by atoms with Crippen molar-refractivity contribution >= 4 is 33.2 Å². The van der Waals surface area contributed by atoms with Gasteiger partial charge in [0, 0.05) is 11.4 Å². The van der Waals surface area contributed by atoms with Crippen LogP contribution in [0.3, 0.4) is 0 Å². The molecule has 1 N–H and O–H groups in total. The number of benzene rings is 1. The van der Waals surface area contributed by atoms with E-state index in [-0.39, 0.29) is 0 Å². The molecule has 2 heterocycles. The molecule has 0 amide bonds. The van der Waals surface area contributed by atoms with Crippen molar-refractivity contribution in [3.8, 4) is 6.07 Å². The first-order valence-electron chi connectivity index (χ1n) is 6.31. The van der Waals surface area contributed by atoms with Crippen molar-refractivity contribution in [2.24, 2.45) is 0 Å². The molecular formula is C16H13N3S. The third kappa shape index (κ3) is 2.24. The lowest BCUT2D eigenvalue weighted by atomic mass is 10.2. The first-order chi connectivity index (χ1) is 9.67. The van der Waals surface area contributed by atoms with E-state index in [1.165, 1.54) is 0 Å².